The second-order valence-electron chi connectivity index (χ2n) is 5.22. The first kappa shape index (κ1) is 11.9. The average Bonchev–Trinajstić information content (AvgIpc) is 2.62. The van der Waals surface area contributed by atoms with Crippen molar-refractivity contribution in [3.63, 3.8) is 0 Å². The molecule has 0 bridgehead atoms. The minimum atomic E-state index is -3.62. The van der Waals surface area contributed by atoms with Gasteiger partial charge in [-0.25, -0.2) is 18.1 Å². The fraction of sp³-hybridized carbons (Fsp3) is 0.500. The zero-order valence-corrected chi connectivity index (χ0v) is 11.7. The van der Waals surface area contributed by atoms with Crippen LogP contribution in [0.5, 0.6) is 0 Å². The molecule has 8 heteroatoms. The summed E-state index contributed by atoms with van der Waals surface area (Å²) in [5, 5.41) is 1.82. The van der Waals surface area contributed by atoms with Gasteiger partial charge in [0.1, 0.15) is 0 Å². The van der Waals surface area contributed by atoms with E-state index in [9.17, 15) is 8.42 Å². The van der Waals surface area contributed by atoms with Crippen molar-refractivity contribution in [1.82, 2.24) is 14.1 Å². The summed E-state index contributed by atoms with van der Waals surface area (Å²) >= 11 is 1.35. The SMILES string of the molecule is CC1(C)CC1NS(=O)(=O)c1c(N)nc2sccn12. The van der Waals surface area contributed by atoms with Crippen LogP contribution in [-0.2, 0) is 10.0 Å². The lowest BCUT2D eigenvalue weighted by Crippen LogP contribution is -2.30. The van der Waals surface area contributed by atoms with Crippen LogP contribution < -0.4 is 10.5 Å². The summed E-state index contributed by atoms with van der Waals surface area (Å²) in [6, 6.07) is -0.0221. The van der Waals surface area contributed by atoms with E-state index in [1.54, 1.807) is 11.6 Å². The summed E-state index contributed by atoms with van der Waals surface area (Å²) in [6.07, 6.45) is 2.51. The third kappa shape index (κ3) is 1.72. The number of imidazole rings is 1. The Labute approximate surface area is 109 Å². The molecule has 1 saturated carbocycles. The molecule has 0 amide bonds. The Morgan fingerprint density at radius 2 is 2.28 bits per heavy atom. The molecule has 1 fully saturated rings. The van der Waals surface area contributed by atoms with Gasteiger partial charge >= 0.3 is 0 Å². The van der Waals surface area contributed by atoms with Gasteiger partial charge < -0.3 is 5.73 Å². The lowest BCUT2D eigenvalue weighted by Gasteiger charge is -2.07. The Balaban J connectivity index is 2.03. The van der Waals surface area contributed by atoms with Crippen molar-refractivity contribution in [1.29, 1.82) is 0 Å². The number of hydrogen-bond donors (Lipinski definition) is 2. The predicted octanol–water partition coefficient (Wildman–Crippen LogP) is 1.05. The standard InChI is InChI=1S/C10H14N4O2S2/c1-10(2)5-6(10)13-18(15,16)8-7(11)12-9-14(8)3-4-17-9/h3-4,6,13H,5,11H2,1-2H3. The Morgan fingerprint density at radius 1 is 1.61 bits per heavy atom. The van der Waals surface area contributed by atoms with Crippen LogP contribution in [0, 0.1) is 5.41 Å². The molecule has 98 valence electrons. The van der Waals surface area contributed by atoms with Gasteiger partial charge in [0.05, 0.1) is 0 Å². The van der Waals surface area contributed by atoms with Crippen molar-refractivity contribution >= 4 is 32.1 Å². The third-order valence-electron chi connectivity index (χ3n) is 3.31. The van der Waals surface area contributed by atoms with Gasteiger partial charge in [-0.05, 0) is 11.8 Å². The van der Waals surface area contributed by atoms with E-state index in [2.05, 4.69) is 9.71 Å². The number of nitrogen functional groups attached to an aromatic ring is 1. The second kappa shape index (κ2) is 3.46. The first-order valence-electron chi connectivity index (χ1n) is 5.55. The number of nitrogens with zero attached hydrogens (tertiary/aromatic N) is 2. The molecule has 0 saturated heterocycles. The van der Waals surface area contributed by atoms with Gasteiger partial charge in [-0.3, -0.25) is 4.40 Å². The number of nitrogens with two attached hydrogens (primary N) is 1. The van der Waals surface area contributed by atoms with Gasteiger partial charge in [-0.1, -0.05) is 13.8 Å². The van der Waals surface area contributed by atoms with Crippen molar-refractivity contribution in [2.45, 2.75) is 31.3 Å². The molecular formula is C10H14N4O2S2. The predicted molar refractivity (Wildman–Crippen MR) is 70.0 cm³/mol. The monoisotopic (exact) mass is 286 g/mol. The number of anilines is 1. The van der Waals surface area contributed by atoms with Crippen LogP contribution in [0.15, 0.2) is 16.6 Å². The minimum Gasteiger partial charge on any atom is -0.381 e. The fourth-order valence-corrected chi connectivity index (χ4v) is 4.35. The largest absolute Gasteiger partial charge is 0.381 e. The highest BCUT2D eigenvalue weighted by Gasteiger charge is 2.48. The topological polar surface area (TPSA) is 89.5 Å². The highest BCUT2D eigenvalue weighted by atomic mass is 32.2. The lowest BCUT2D eigenvalue weighted by atomic mass is 10.2. The number of nitrogens with one attached hydrogen (secondary N) is 1. The molecular weight excluding hydrogens is 272 g/mol. The van der Waals surface area contributed by atoms with E-state index in [1.807, 2.05) is 13.8 Å². The quantitative estimate of drug-likeness (QED) is 0.882. The summed E-state index contributed by atoms with van der Waals surface area (Å²) in [7, 11) is -3.62. The van der Waals surface area contributed by atoms with Crippen molar-refractivity contribution in [2.75, 3.05) is 5.73 Å². The molecule has 1 unspecified atom stereocenters. The number of thiazole rings is 1. The zero-order valence-electron chi connectivity index (χ0n) is 10.0. The highest BCUT2D eigenvalue weighted by Crippen LogP contribution is 2.45. The second-order valence-corrected chi connectivity index (χ2v) is 7.73. The van der Waals surface area contributed by atoms with E-state index >= 15 is 0 Å². The number of rotatable bonds is 3. The molecule has 1 aliphatic rings. The molecule has 2 aromatic rings. The Bertz CT molecular complexity index is 713. The fourth-order valence-electron chi connectivity index (χ4n) is 1.96. The van der Waals surface area contributed by atoms with Gasteiger partial charge in [-0.2, -0.15) is 0 Å². The third-order valence-corrected chi connectivity index (χ3v) is 5.58. The van der Waals surface area contributed by atoms with E-state index in [-0.39, 0.29) is 22.3 Å². The maximum atomic E-state index is 12.3. The van der Waals surface area contributed by atoms with Crippen LogP contribution in [0.25, 0.3) is 4.96 Å². The summed E-state index contributed by atoms with van der Waals surface area (Å²) < 4.78 is 28.8. The van der Waals surface area contributed by atoms with Crippen LogP contribution >= 0.6 is 11.3 Å². The molecule has 6 nitrogen and oxygen atoms in total. The molecule has 1 atom stereocenters. The number of hydrogen-bond acceptors (Lipinski definition) is 5. The lowest BCUT2D eigenvalue weighted by molar-refractivity contribution is 0.552. The summed E-state index contributed by atoms with van der Waals surface area (Å²) in [6.45, 7) is 4.06. The van der Waals surface area contributed by atoms with E-state index in [0.717, 1.165) is 6.42 Å². The molecule has 1 aliphatic carbocycles. The van der Waals surface area contributed by atoms with E-state index in [1.165, 1.54) is 15.7 Å². The van der Waals surface area contributed by atoms with Gasteiger partial charge in [0.25, 0.3) is 10.0 Å². The van der Waals surface area contributed by atoms with E-state index in [0.29, 0.717) is 4.96 Å². The Kier molecular flexibility index (Phi) is 2.30. The van der Waals surface area contributed by atoms with Crippen molar-refractivity contribution in [3.05, 3.63) is 11.6 Å². The summed E-state index contributed by atoms with van der Waals surface area (Å²) in [5.74, 6) is 0.0489. The zero-order chi connectivity index (χ0) is 13.1. The summed E-state index contributed by atoms with van der Waals surface area (Å²) in [4.78, 5) is 4.63. The minimum absolute atomic E-state index is 0.0221. The first-order chi connectivity index (χ1) is 8.31. The highest BCUT2D eigenvalue weighted by molar-refractivity contribution is 7.89. The van der Waals surface area contributed by atoms with Crippen LogP contribution in [0.3, 0.4) is 0 Å². The van der Waals surface area contributed by atoms with Gasteiger partial charge in [0, 0.05) is 17.6 Å². The van der Waals surface area contributed by atoms with Gasteiger partial charge in [0.2, 0.25) is 0 Å². The number of sulfonamides is 1. The van der Waals surface area contributed by atoms with Gasteiger partial charge in [-0.15, -0.1) is 11.3 Å². The molecule has 2 aromatic heterocycles. The first-order valence-corrected chi connectivity index (χ1v) is 7.91. The molecule has 3 rings (SSSR count). The van der Waals surface area contributed by atoms with Crippen molar-refractivity contribution in [2.24, 2.45) is 5.41 Å². The van der Waals surface area contributed by atoms with E-state index in [4.69, 9.17) is 5.73 Å². The molecule has 18 heavy (non-hydrogen) atoms. The molecule has 0 aromatic carbocycles. The van der Waals surface area contributed by atoms with Crippen molar-refractivity contribution < 1.29 is 8.42 Å². The normalized spacial score (nSPS) is 22.4. The molecule has 3 N–H and O–H groups in total. The Hall–Kier alpha value is -1.12. The van der Waals surface area contributed by atoms with Crippen LogP contribution in [0.2, 0.25) is 0 Å². The molecule has 2 heterocycles. The molecule has 0 radical (unpaired) electrons. The number of aromatic nitrogens is 2. The molecule has 0 spiro atoms. The van der Waals surface area contributed by atoms with E-state index < -0.39 is 10.0 Å². The smallest absolute Gasteiger partial charge is 0.260 e. The average molecular weight is 286 g/mol. The van der Waals surface area contributed by atoms with Gasteiger partial charge in [0.15, 0.2) is 15.8 Å². The van der Waals surface area contributed by atoms with Crippen LogP contribution in [-0.4, -0.2) is 23.8 Å². The molecule has 0 aliphatic heterocycles. The van der Waals surface area contributed by atoms with Crippen molar-refractivity contribution in [3.8, 4) is 0 Å². The van der Waals surface area contributed by atoms with Crippen LogP contribution in [0.4, 0.5) is 5.82 Å². The number of fused-ring (bicyclic) bond motifs is 1. The van der Waals surface area contributed by atoms with Crippen LogP contribution in [0.1, 0.15) is 20.3 Å². The maximum Gasteiger partial charge on any atom is 0.260 e. The Morgan fingerprint density at radius 3 is 2.89 bits per heavy atom. The summed E-state index contributed by atoms with van der Waals surface area (Å²) in [5.41, 5.74) is 5.73. The maximum absolute atomic E-state index is 12.3.